The van der Waals surface area contributed by atoms with Gasteiger partial charge in [0, 0.05) is 12.8 Å². The van der Waals surface area contributed by atoms with Crippen molar-refractivity contribution in [1.29, 1.82) is 0 Å². The molecule has 3 nitrogen and oxygen atoms in total. The van der Waals surface area contributed by atoms with E-state index in [0.717, 1.165) is 12.0 Å². The van der Waals surface area contributed by atoms with Crippen LogP contribution in [0.2, 0.25) is 0 Å². The summed E-state index contributed by atoms with van der Waals surface area (Å²) in [6, 6.07) is 0.618. The van der Waals surface area contributed by atoms with Gasteiger partial charge in [-0.25, -0.2) is 0 Å². The molecule has 3 heteroatoms. The third-order valence-corrected chi connectivity index (χ3v) is 2.75. The van der Waals surface area contributed by atoms with Gasteiger partial charge >= 0.3 is 0 Å². The molecule has 0 atom stereocenters. The lowest BCUT2D eigenvalue weighted by Gasteiger charge is -2.08. The Balaban J connectivity index is 2.03. The summed E-state index contributed by atoms with van der Waals surface area (Å²) in [6.45, 7) is 0.219. The van der Waals surface area contributed by atoms with Crippen LogP contribution in [0.15, 0.2) is 12.4 Å². The summed E-state index contributed by atoms with van der Waals surface area (Å²) < 4.78 is 2.07. The lowest BCUT2D eigenvalue weighted by Crippen LogP contribution is -2.04. The van der Waals surface area contributed by atoms with Crippen LogP contribution in [-0.2, 0) is 6.42 Å². The molecule has 1 aliphatic carbocycles. The molecule has 2 rings (SSSR count). The van der Waals surface area contributed by atoms with Gasteiger partial charge in [-0.15, -0.1) is 0 Å². The second-order valence-corrected chi connectivity index (χ2v) is 3.74. The van der Waals surface area contributed by atoms with Gasteiger partial charge in [0.1, 0.15) is 0 Å². The summed E-state index contributed by atoms with van der Waals surface area (Å²) in [5, 5.41) is 13.1. The Morgan fingerprint density at radius 3 is 2.92 bits per heavy atom. The van der Waals surface area contributed by atoms with E-state index in [0.29, 0.717) is 6.04 Å². The topological polar surface area (TPSA) is 38.1 Å². The maximum absolute atomic E-state index is 8.76. The minimum absolute atomic E-state index is 0.219. The van der Waals surface area contributed by atoms with Gasteiger partial charge in [0.25, 0.3) is 0 Å². The molecule has 0 bridgehead atoms. The fraction of sp³-hybridized carbons (Fsp3) is 0.700. The molecule has 0 aliphatic heterocycles. The van der Waals surface area contributed by atoms with Crippen LogP contribution >= 0.6 is 0 Å². The predicted molar refractivity (Wildman–Crippen MR) is 50.5 cm³/mol. The maximum atomic E-state index is 8.76. The number of hydrogen-bond donors (Lipinski definition) is 1. The molecule has 1 fully saturated rings. The summed E-state index contributed by atoms with van der Waals surface area (Å²) >= 11 is 0. The molecule has 1 aromatic heterocycles. The number of aliphatic hydroxyl groups excluding tert-OH is 1. The smallest absolute Gasteiger partial charge is 0.0522 e. The van der Waals surface area contributed by atoms with Gasteiger partial charge in [-0.1, -0.05) is 12.8 Å². The molecule has 1 heterocycles. The van der Waals surface area contributed by atoms with Crippen LogP contribution in [0.3, 0.4) is 0 Å². The van der Waals surface area contributed by atoms with E-state index in [2.05, 4.69) is 16.0 Å². The van der Waals surface area contributed by atoms with Crippen molar-refractivity contribution in [2.45, 2.75) is 38.1 Å². The third-order valence-electron chi connectivity index (χ3n) is 2.75. The van der Waals surface area contributed by atoms with E-state index in [9.17, 15) is 0 Å². The van der Waals surface area contributed by atoms with Crippen molar-refractivity contribution in [3.8, 4) is 0 Å². The molecule has 0 spiro atoms. The molecule has 0 unspecified atom stereocenters. The summed E-state index contributed by atoms with van der Waals surface area (Å²) in [4.78, 5) is 0. The minimum atomic E-state index is 0.219. The average molecular weight is 180 g/mol. The quantitative estimate of drug-likeness (QED) is 0.766. The summed E-state index contributed by atoms with van der Waals surface area (Å²) in [6.07, 6.45) is 9.87. The molecular formula is C10H16N2O. The van der Waals surface area contributed by atoms with Gasteiger partial charge in [-0.2, -0.15) is 5.10 Å². The van der Waals surface area contributed by atoms with Crippen molar-refractivity contribution in [3.05, 3.63) is 18.0 Å². The van der Waals surface area contributed by atoms with E-state index in [1.165, 1.54) is 25.7 Å². The van der Waals surface area contributed by atoms with Crippen molar-refractivity contribution in [3.63, 3.8) is 0 Å². The zero-order chi connectivity index (χ0) is 9.10. The normalized spacial score (nSPS) is 18.2. The first kappa shape index (κ1) is 8.75. The molecule has 1 N–H and O–H groups in total. The van der Waals surface area contributed by atoms with E-state index >= 15 is 0 Å². The Bertz CT molecular complexity index is 264. The largest absolute Gasteiger partial charge is 0.396 e. The van der Waals surface area contributed by atoms with Crippen LogP contribution < -0.4 is 0 Å². The van der Waals surface area contributed by atoms with Crippen molar-refractivity contribution in [1.82, 2.24) is 9.78 Å². The van der Waals surface area contributed by atoms with Crippen molar-refractivity contribution in [2.24, 2.45) is 0 Å². The average Bonchev–Trinajstić information content (AvgIpc) is 2.70. The zero-order valence-electron chi connectivity index (χ0n) is 7.82. The Morgan fingerprint density at radius 1 is 1.46 bits per heavy atom. The zero-order valence-corrected chi connectivity index (χ0v) is 7.82. The minimum Gasteiger partial charge on any atom is -0.396 e. The highest BCUT2D eigenvalue weighted by Gasteiger charge is 2.17. The Hall–Kier alpha value is -0.830. The third kappa shape index (κ3) is 1.91. The monoisotopic (exact) mass is 180 g/mol. The fourth-order valence-electron chi connectivity index (χ4n) is 2.00. The fourth-order valence-corrected chi connectivity index (χ4v) is 2.00. The Labute approximate surface area is 78.4 Å². The SMILES string of the molecule is OCCc1cnn(C2CCCC2)c1. The second-order valence-electron chi connectivity index (χ2n) is 3.74. The van der Waals surface area contributed by atoms with Crippen LogP contribution in [0.5, 0.6) is 0 Å². The van der Waals surface area contributed by atoms with Gasteiger partial charge in [-0.3, -0.25) is 4.68 Å². The van der Waals surface area contributed by atoms with Gasteiger partial charge in [-0.05, 0) is 24.8 Å². The van der Waals surface area contributed by atoms with Crippen molar-refractivity contribution >= 4 is 0 Å². The molecule has 72 valence electrons. The summed E-state index contributed by atoms with van der Waals surface area (Å²) in [5.74, 6) is 0. The number of hydrogen-bond acceptors (Lipinski definition) is 2. The van der Waals surface area contributed by atoms with Gasteiger partial charge in [0.05, 0.1) is 12.2 Å². The lowest BCUT2D eigenvalue weighted by molar-refractivity contribution is 0.299. The van der Waals surface area contributed by atoms with E-state index in [4.69, 9.17) is 5.11 Å². The van der Waals surface area contributed by atoms with Gasteiger partial charge in [0.2, 0.25) is 0 Å². The van der Waals surface area contributed by atoms with Crippen LogP contribution in [0.25, 0.3) is 0 Å². The second kappa shape index (κ2) is 3.92. The first-order valence-electron chi connectivity index (χ1n) is 5.04. The van der Waals surface area contributed by atoms with Gasteiger partial charge in [0.15, 0.2) is 0 Å². The highest BCUT2D eigenvalue weighted by Crippen LogP contribution is 2.28. The molecule has 13 heavy (non-hydrogen) atoms. The number of nitrogens with zero attached hydrogens (tertiary/aromatic N) is 2. The Morgan fingerprint density at radius 2 is 2.23 bits per heavy atom. The Kier molecular flexibility index (Phi) is 2.64. The molecular weight excluding hydrogens is 164 g/mol. The molecule has 1 aliphatic rings. The number of rotatable bonds is 3. The van der Waals surface area contributed by atoms with Crippen LogP contribution in [0, 0.1) is 0 Å². The van der Waals surface area contributed by atoms with E-state index in [1.807, 2.05) is 6.20 Å². The van der Waals surface area contributed by atoms with Crippen LogP contribution in [0.4, 0.5) is 0 Å². The first-order valence-corrected chi connectivity index (χ1v) is 5.04. The number of aliphatic hydroxyl groups is 1. The molecule has 0 radical (unpaired) electrons. The van der Waals surface area contributed by atoms with Crippen molar-refractivity contribution < 1.29 is 5.11 Å². The van der Waals surface area contributed by atoms with E-state index in [1.54, 1.807) is 0 Å². The van der Waals surface area contributed by atoms with Crippen molar-refractivity contribution in [2.75, 3.05) is 6.61 Å². The predicted octanol–water partition coefficient (Wildman–Crippen LogP) is 1.53. The molecule has 0 aromatic carbocycles. The van der Waals surface area contributed by atoms with E-state index < -0.39 is 0 Å². The summed E-state index contributed by atoms with van der Waals surface area (Å²) in [5.41, 5.74) is 1.15. The molecule has 1 saturated carbocycles. The van der Waals surface area contributed by atoms with Crippen LogP contribution in [0.1, 0.15) is 37.3 Å². The van der Waals surface area contributed by atoms with E-state index in [-0.39, 0.29) is 6.61 Å². The highest BCUT2D eigenvalue weighted by atomic mass is 16.2. The first-order chi connectivity index (χ1) is 6.40. The standard InChI is InChI=1S/C10H16N2O/c13-6-5-9-7-11-12(8-9)10-3-1-2-4-10/h7-8,10,13H,1-6H2. The van der Waals surface area contributed by atoms with Crippen LogP contribution in [-0.4, -0.2) is 21.5 Å². The highest BCUT2D eigenvalue weighted by molar-refractivity contribution is 5.04. The van der Waals surface area contributed by atoms with Gasteiger partial charge < -0.3 is 5.11 Å². The molecule has 1 aromatic rings. The molecule has 0 amide bonds. The lowest BCUT2D eigenvalue weighted by atomic mass is 10.2. The summed E-state index contributed by atoms with van der Waals surface area (Å²) in [7, 11) is 0. The molecule has 0 saturated heterocycles. The maximum Gasteiger partial charge on any atom is 0.0522 e. The number of aromatic nitrogens is 2.